The molecule has 3 saturated carbocycles. The van der Waals surface area contributed by atoms with Crippen molar-refractivity contribution in [1.82, 2.24) is 5.32 Å². The van der Waals surface area contributed by atoms with Gasteiger partial charge in [0.2, 0.25) is 17.5 Å². The van der Waals surface area contributed by atoms with Crippen LogP contribution >= 0.6 is 0 Å². The average molecular weight is 806 g/mol. The monoisotopic (exact) mass is 805 g/mol. The number of esters is 3. The molecule has 3 aliphatic carbocycles. The molecule has 0 aromatic heterocycles. The van der Waals surface area contributed by atoms with E-state index in [0.717, 1.165) is 6.92 Å². The third-order valence-corrected chi connectivity index (χ3v) is 13.2. The second kappa shape index (κ2) is 15.3. The third-order valence-electron chi connectivity index (χ3n) is 13.2. The topological polar surface area (TPSA) is 212 Å². The Morgan fingerprint density at radius 1 is 0.966 bits per heavy atom. The molecule has 58 heavy (non-hydrogen) atoms. The Kier molecular flexibility index (Phi) is 11.3. The largest absolute Gasteiger partial charge is 0.460 e. The molecule has 4 aliphatic rings. The zero-order valence-electron chi connectivity index (χ0n) is 34.2. The summed E-state index contributed by atoms with van der Waals surface area (Å²) < 4.78 is 24.2. The van der Waals surface area contributed by atoms with Gasteiger partial charge in [-0.2, -0.15) is 0 Å². The molecule has 1 aliphatic heterocycles. The van der Waals surface area contributed by atoms with Crippen molar-refractivity contribution in [2.75, 3.05) is 6.61 Å². The number of fused-ring (bicyclic) bond motifs is 5. The van der Waals surface area contributed by atoms with Gasteiger partial charge in [0.25, 0.3) is 0 Å². The molecule has 4 N–H and O–H groups in total. The van der Waals surface area contributed by atoms with Gasteiger partial charge in [-0.15, -0.1) is 0 Å². The summed E-state index contributed by atoms with van der Waals surface area (Å²) in [5, 5.41) is 39.6. The molecule has 2 aromatic rings. The molecule has 12 atom stereocenters. The summed E-state index contributed by atoms with van der Waals surface area (Å²) in [6, 6.07) is 15.0. The minimum atomic E-state index is -2.34. The lowest BCUT2D eigenvalue weighted by atomic mass is 9.42. The van der Waals surface area contributed by atoms with Gasteiger partial charge in [-0.1, -0.05) is 90.1 Å². The molecule has 314 valence electrons. The molecule has 1 heterocycles. The number of aliphatic hydroxyl groups is 3. The first-order chi connectivity index (χ1) is 27.0. The van der Waals surface area contributed by atoms with E-state index in [1.54, 1.807) is 69.3 Å². The maximum atomic E-state index is 14.9. The fraction of sp³-hybridized carbons (Fsp3) is 0.591. The average Bonchev–Trinajstić information content (AvgIpc) is 3.14. The maximum Gasteiger partial charge on any atom is 0.338 e. The molecule has 1 amide bonds. The molecule has 6 rings (SSSR count). The number of rotatable bonds is 9. The van der Waals surface area contributed by atoms with Gasteiger partial charge in [0.1, 0.15) is 23.9 Å². The summed E-state index contributed by atoms with van der Waals surface area (Å²) in [5.41, 5.74) is -7.66. The number of carbonyl (C=O) groups is 6. The fourth-order valence-electron chi connectivity index (χ4n) is 10.1. The Balaban J connectivity index is 1.46. The van der Waals surface area contributed by atoms with Gasteiger partial charge in [-0.3, -0.25) is 19.2 Å². The second-order valence-electron chi connectivity index (χ2n) is 18.5. The Morgan fingerprint density at radius 2 is 1.57 bits per heavy atom. The highest BCUT2D eigenvalue weighted by Crippen LogP contribution is 2.64. The number of nitrogens with one attached hydrogen (secondary N) is 1. The van der Waals surface area contributed by atoms with Crippen LogP contribution < -0.4 is 5.32 Å². The van der Waals surface area contributed by atoms with E-state index >= 15 is 0 Å². The van der Waals surface area contributed by atoms with Crippen LogP contribution in [-0.4, -0.2) is 99.0 Å². The first-order valence-electron chi connectivity index (χ1n) is 19.8. The van der Waals surface area contributed by atoms with Crippen molar-refractivity contribution in [3.63, 3.8) is 0 Å². The zero-order valence-corrected chi connectivity index (χ0v) is 34.2. The van der Waals surface area contributed by atoms with E-state index in [2.05, 4.69) is 5.32 Å². The third kappa shape index (κ3) is 7.15. The number of amides is 1. The SMILES string of the molecule is CC(=O)O[C@@]12CO[C@@H]1C[C@H](O)[C@@]1(C)C(=O)C(=O)C3C(C)[C@@H](OC(=O)[C@H](O)C(NC(=O)CC(C)(C)C)c4ccccc4)C[C@@](O)([C@@H](OC(=O)c4ccccc4)[C@H]21)C3(C)C. The molecule has 3 unspecified atom stereocenters. The van der Waals surface area contributed by atoms with Gasteiger partial charge in [0.05, 0.1) is 35.6 Å². The minimum absolute atomic E-state index is 0.0797. The van der Waals surface area contributed by atoms with Crippen molar-refractivity contribution in [1.29, 1.82) is 0 Å². The van der Waals surface area contributed by atoms with Crippen molar-refractivity contribution >= 4 is 35.4 Å². The number of ether oxygens (including phenoxy) is 4. The highest BCUT2D eigenvalue weighted by atomic mass is 16.6. The van der Waals surface area contributed by atoms with Crippen LogP contribution in [-0.2, 0) is 42.9 Å². The number of hydrogen-bond donors (Lipinski definition) is 4. The Bertz CT molecular complexity index is 1940. The smallest absolute Gasteiger partial charge is 0.338 e. The summed E-state index contributed by atoms with van der Waals surface area (Å²) in [6.45, 7) is 12.5. The summed E-state index contributed by atoms with van der Waals surface area (Å²) in [6.07, 6.45) is -8.29. The van der Waals surface area contributed by atoms with Crippen LogP contribution in [0.25, 0.3) is 0 Å². The highest BCUT2D eigenvalue weighted by Gasteiger charge is 2.79. The predicted molar refractivity (Wildman–Crippen MR) is 205 cm³/mol. The lowest BCUT2D eigenvalue weighted by Crippen LogP contribution is -2.82. The van der Waals surface area contributed by atoms with Crippen LogP contribution in [0.3, 0.4) is 0 Å². The number of Topliss-reactive ketones (excluding diaryl/α,β-unsaturated/α-hetero) is 2. The van der Waals surface area contributed by atoms with Gasteiger partial charge in [0, 0.05) is 43.4 Å². The normalized spacial score (nSPS) is 35.0. The van der Waals surface area contributed by atoms with Crippen molar-refractivity contribution < 1.29 is 63.0 Å². The fourth-order valence-corrected chi connectivity index (χ4v) is 10.1. The number of benzene rings is 2. The van der Waals surface area contributed by atoms with E-state index in [9.17, 15) is 44.1 Å². The van der Waals surface area contributed by atoms with Gasteiger partial charge in [0.15, 0.2) is 11.7 Å². The molecular formula is C44H55NO13. The van der Waals surface area contributed by atoms with Gasteiger partial charge in [-0.25, -0.2) is 9.59 Å². The predicted octanol–water partition coefficient (Wildman–Crippen LogP) is 3.43. The van der Waals surface area contributed by atoms with Crippen LogP contribution in [0.4, 0.5) is 0 Å². The molecule has 0 spiro atoms. The second-order valence-corrected chi connectivity index (χ2v) is 18.5. The van der Waals surface area contributed by atoms with Crippen LogP contribution in [0.15, 0.2) is 60.7 Å². The summed E-state index contributed by atoms with van der Waals surface area (Å²) >= 11 is 0. The first-order valence-corrected chi connectivity index (χ1v) is 19.8. The Hall–Kier alpha value is -4.50. The van der Waals surface area contributed by atoms with E-state index in [-0.39, 0.29) is 25.0 Å². The lowest BCUT2D eigenvalue weighted by Gasteiger charge is -2.67. The van der Waals surface area contributed by atoms with Gasteiger partial charge in [-0.05, 0) is 30.0 Å². The highest BCUT2D eigenvalue weighted by molar-refractivity contribution is 6.40. The van der Waals surface area contributed by atoms with Crippen molar-refractivity contribution in [3.8, 4) is 0 Å². The molecule has 1 saturated heterocycles. The van der Waals surface area contributed by atoms with Crippen molar-refractivity contribution in [3.05, 3.63) is 71.8 Å². The zero-order chi connectivity index (χ0) is 42.7. The number of aliphatic hydroxyl groups excluding tert-OH is 2. The van der Waals surface area contributed by atoms with E-state index in [4.69, 9.17) is 18.9 Å². The molecule has 14 heteroatoms. The first kappa shape index (κ1) is 43.1. The molecule has 2 bridgehead atoms. The summed E-state index contributed by atoms with van der Waals surface area (Å²) in [5.74, 6) is -9.20. The van der Waals surface area contributed by atoms with E-state index < -0.39 is 124 Å². The van der Waals surface area contributed by atoms with Crippen LogP contribution in [0.2, 0.25) is 0 Å². The quantitative estimate of drug-likeness (QED) is 0.163. The maximum absolute atomic E-state index is 14.9. The van der Waals surface area contributed by atoms with Crippen molar-refractivity contribution in [2.45, 2.75) is 122 Å². The molecule has 0 radical (unpaired) electrons. The Morgan fingerprint density at radius 3 is 2.12 bits per heavy atom. The van der Waals surface area contributed by atoms with E-state index in [1.165, 1.54) is 19.1 Å². The van der Waals surface area contributed by atoms with Gasteiger partial charge < -0.3 is 39.6 Å². The van der Waals surface area contributed by atoms with E-state index in [0.29, 0.717) is 5.56 Å². The molecule has 4 fully saturated rings. The Labute approximate surface area is 337 Å². The van der Waals surface area contributed by atoms with Gasteiger partial charge >= 0.3 is 17.9 Å². The van der Waals surface area contributed by atoms with E-state index in [1.807, 2.05) is 20.8 Å². The number of hydrogen-bond acceptors (Lipinski definition) is 13. The molecule has 14 nitrogen and oxygen atoms in total. The standard InChI is InChI=1S/C44H55NO13/c1-23-27(56-39(53)34(50)32(25-15-11-9-12-16-25)45-30(48)21-40(3,4)5)20-44(54)37(57-38(52)26-17-13-10-14-18-26)35-42(8,36(51)33(49)31(23)41(44,6)7)28(47)19-29-43(35,22-55-29)58-24(2)46/h9-18,23,27-29,31-32,34-35,37,47,50,54H,19-22H2,1-8H3,(H,45,48)/t23?,27-,28-,29+,31?,32?,34+,35-,37-,42+,43-,44+/m0/s1. The lowest BCUT2D eigenvalue weighted by molar-refractivity contribution is -0.350. The minimum Gasteiger partial charge on any atom is -0.460 e. The summed E-state index contributed by atoms with van der Waals surface area (Å²) in [4.78, 5) is 83.9. The molecule has 2 aromatic carbocycles. The van der Waals surface area contributed by atoms with Crippen LogP contribution in [0.1, 0.15) is 96.6 Å². The number of carbonyl (C=O) groups excluding carboxylic acids is 6. The van der Waals surface area contributed by atoms with Crippen molar-refractivity contribution in [2.24, 2.45) is 34.0 Å². The summed E-state index contributed by atoms with van der Waals surface area (Å²) in [7, 11) is 0. The van der Waals surface area contributed by atoms with Crippen LogP contribution in [0.5, 0.6) is 0 Å². The molecular weight excluding hydrogens is 750 g/mol. The number of ketones is 2. The van der Waals surface area contributed by atoms with Crippen LogP contribution in [0, 0.1) is 34.0 Å².